The van der Waals surface area contributed by atoms with Crippen LogP contribution >= 0.6 is 23.4 Å². The number of para-hydroxylation sites is 1. The molecule has 1 heterocycles. The second kappa shape index (κ2) is 8.87. The summed E-state index contributed by atoms with van der Waals surface area (Å²) in [4.78, 5) is 16.7. The van der Waals surface area contributed by atoms with Crippen LogP contribution in [0.2, 0.25) is 5.02 Å². The number of H-pyrrole nitrogens is 1. The summed E-state index contributed by atoms with van der Waals surface area (Å²) >= 11 is 7.13. The van der Waals surface area contributed by atoms with Gasteiger partial charge in [0, 0.05) is 10.6 Å². The first kappa shape index (κ1) is 18.5. The minimum atomic E-state index is 0.00435. The number of ether oxygens (including phenoxy) is 1. The number of rotatable bonds is 8. The van der Waals surface area contributed by atoms with E-state index in [0.717, 1.165) is 17.7 Å². The highest BCUT2D eigenvalue weighted by Gasteiger charge is 2.13. The second-order valence-electron chi connectivity index (χ2n) is 5.53. The highest BCUT2D eigenvalue weighted by Crippen LogP contribution is 2.28. The van der Waals surface area contributed by atoms with Crippen molar-refractivity contribution in [3.05, 3.63) is 59.1 Å². The molecule has 0 amide bonds. The highest BCUT2D eigenvalue weighted by molar-refractivity contribution is 7.99. The largest absolute Gasteiger partial charge is 0.493 e. The van der Waals surface area contributed by atoms with Crippen LogP contribution in [0.5, 0.6) is 5.75 Å². The van der Waals surface area contributed by atoms with E-state index in [9.17, 15) is 4.79 Å². The summed E-state index contributed by atoms with van der Waals surface area (Å²) in [6.07, 6.45) is 0.929. The molecule has 0 aliphatic carbocycles. The first-order valence-electron chi connectivity index (χ1n) is 8.23. The van der Waals surface area contributed by atoms with Gasteiger partial charge in [-0.1, -0.05) is 42.4 Å². The summed E-state index contributed by atoms with van der Waals surface area (Å²) in [6.45, 7) is 2.70. The number of hydrogen-bond acceptors (Lipinski definition) is 5. The summed E-state index contributed by atoms with van der Waals surface area (Å²) in [5.41, 5.74) is 1.47. The number of thioether (sulfide) groups is 1. The number of aromatic nitrogens is 3. The first-order valence-corrected chi connectivity index (χ1v) is 9.60. The number of nitrogens with zero attached hydrogens (tertiary/aromatic N) is 2. The van der Waals surface area contributed by atoms with Crippen LogP contribution < -0.4 is 4.74 Å². The summed E-state index contributed by atoms with van der Waals surface area (Å²) in [6, 6.07) is 14.5. The minimum absolute atomic E-state index is 0.00435. The molecule has 134 valence electrons. The third kappa shape index (κ3) is 4.65. The fourth-order valence-electron chi connectivity index (χ4n) is 2.28. The molecule has 1 aromatic heterocycles. The molecule has 0 spiro atoms. The monoisotopic (exact) mass is 387 g/mol. The second-order valence-corrected chi connectivity index (χ2v) is 6.91. The lowest BCUT2D eigenvalue weighted by Crippen LogP contribution is -2.02. The smallest absolute Gasteiger partial charge is 0.209 e. The van der Waals surface area contributed by atoms with Gasteiger partial charge in [0.1, 0.15) is 5.75 Å². The van der Waals surface area contributed by atoms with E-state index in [1.807, 2.05) is 24.3 Å². The predicted molar refractivity (Wildman–Crippen MR) is 104 cm³/mol. The molecular formula is C19H18ClN3O2S. The van der Waals surface area contributed by atoms with Crippen LogP contribution in [-0.4, -0.2) is 33.3 Å². The van der Waals surface area contributed by atoms with Gasteiger partial charge < -0.3 is 4.74 Å². The van der Waals surface area contributed by atoms with Gasteiger partial charge in [0.15, 0.2) is 11.6 Å². The van der Waals surface area contributed by atoms with Crippen LogP contribution in [0.15, 0.2) is 53.7 Å². The lowest BCUT2D eigenvalue weighted by Gasteiger charge is -2.08. The van der Waals surface area contributed by atoms with Gasteiger partial charge in [-0.3, -0.25) is 9.89 Å². The Balaban J connectivity index is 1.67. The Kier molecular flexibility index (Phi) is 6.30. The molecule has 0 radical (unpaired) electrons. The summed E-state index contributed by atoms with van der Waals surface area (Å²) in [7, 11) is 0. The molecule has 0 unspecified atom stereocenters. The van der Waals surface area contributed by atoms with Crippen LogP contribution in [0.3, 0.4) is 0 Å². The molecule has 0 fully saturated rings. The van der Waals surface area contributed by atoms with Crippen molar-refractivity contribution in [2.24, 2.45) is 0 Å². The summed E-state index contributed by atoms with van der Waals surface area (Å²) < 4.78 is 5.76. The maximum absolute atomic E-state index is 12.2. The number of carbonyl (C=O) groups is 1. The molecule has 0 aliphatic heterocycles. The number of ketones is 1. The molecule has 0 saturated heterocycles. The fourth-order valence-corrected chi connectivity index (χ4v) is 3.10. The van der Waals surface area contributed by atoms with Crippen molar-refractivity contribution >= 4 is 29.1 Å². The molecule has 0 atom stereocenters. The molecule has 26 heavy (non-hydrogen) atoms. The van der Waals surface area contributed by atoms with E-state index in [0.29, 0.717) is 28.2 Å². The van der Waals surface area contributed by atoms with Crippen LogP contribution in [-0.2, 0) is 0 Å². The van der Waals surface area contributed by atoms with Crippen LogP contribution in [0.4, 0.5) is 0 Å². The molecule has 5 nitrogen and oxygen atoms in total. The molecule has 3 rings (SSSR count). The van der Waals surface area contributed by atoms with E-state index in [1.54, 1.807) is 24.3 Å². The normalized spacial score (nSPS) is 10.7. The molecule has 0 saturated carbocycles. The van der Waals surface area contributed by atoms with Crippen molar-refractivity contribution in [2.75, 3.05) is 12.4 Å². The van der Waals surface area contributed by atoms with Crippen molar-refractivity contribution < 1.29 is 9.53 Å². The Labute approximate surface area is 161 Å². The van der Waals surface area contributed by atoms with E-state index in [-0.39, 0.29) is 11.5 Å². The standard InChI is InChI=1S/C19H18ClN3O2S/c1-2-11-25-17-6-4-3-5-15(17)18-21-19(23-22-18)26-12-16(24)13-7-9-14(20)10-8-13/h3-10H,2,11-12H2,1H3,(H,21,22,23). The van der Waals surface area contributed by atoms with Crippen molar-refractivity contribution in [3.8, 4) is 17.1 Å². The Morgan fingerprint density at radius 1 is 1.19 bits per heavy atom. The minimum Gasteiger partial charge on any atom is -0.493 e. The zero-order chi connectivity index (χ0) is 18.4. The lowest BCUT2D eigenvalue weighted by atomic mass is 10.1. The molecule has 2 aromatic carbocycles. The van der Waals surface area contributed by atoms with Crippen LogP contribution in [0.1, 0.15) is 23.7 Å². The van der Waals surface area contributed by atoms with Gasteiger partial charge in [-0.2, -0.15) is 0 Å². The Bertz CT molecular complexity index is 881. The van der Waals surface area contributed by atoms with E-state index >= 15 is 0 Å². The van der Waals surface area contributed by atoms with Crippen LogP contribution in [0, 0.1) is 0 Å². The molecule has 1 N–H and O–H groups in total. The third-order valence-corrected chi connectivity index (χ3v) is 4.67. The number of benzene rings is 2. The van der Waals surface area contributed by atoms with Crippen molar-refractivity contribution in [3.63, 3.8) is 0 Å². The van der Waals surface area contributed by atoms with Crippen molar-refractivity contribution in [1.82, 2.24) is 15.2 Å². The topological polar surface area (TPSA) is 67.9 Å². The molecular weight excluding hydrogens is 370 g/mol. The number of aromatic amines is 1. The zero-order valence-electron chi connectivity index (χ0n) is 14.2. The zero-order valence-corrected chi connectivity index (χ0v) is 15.8. The molecule has 7 heteroatoms. The van der Waals surface area contributed by atoms with Gasteiger partial charge in [0.2, 0.25) is 5.16 Å². The van der Waals surface area contributed by atoms with E-state index in [2.05, 4.69) is 22.1 Å². The third-order valence-electron chi connectivity index (χ3n) is 3.57. The molecule has 0 bridgehead atoms. The summed E-state index contributed by atoms with van der Waals surface area (Å²) in [5.74, 6) is 1.65. The fraction of sp³-hybridized carbons (Fsp3) is 0.211. The van der Waals surface area contributed by atoms with Gasteiger partial charge in [-0.15, -0.1) is 5.10 Å². The average molecular weight is 388 g/mol. The Morgan fingerprint density at radius 3 is 2.73 bits per heavy atom. The highest BCUT2D eigenvalue weighted by atomic mass is 35.5. The van der Waals surface area contributed by atoms with E-state index in [4.69, 9.17) is 16.3 Å². The number of halogens is 1. The van der Waals surface area contributed by atoms with Crippen LogP contribution in [0.25, 0.3) is 11.4 Å². The van der Waals surface area contributed by atoms with Gasteiger partial charge in [-0.05, 0) is 42.8 Å². The first-order chi connectivity index (χ1) is 12.7. The van der Waals surface area contributed by atoms with Crippen molar-refractivity contribution in [2.45, 2.75) is 18.5 Å². The number of carbonyl (C=O) groups excluding carboxylic acids is 1. The number of Topliss-reactive ketones (excluding diaryl/α,β-unsaturated/α-hetero) is 1. The quantitative estimate of drug-likeness (QED) is 0.440. The van der Waals surface area contributed by atoms with Gasteiger partial charge >= 0.3 is 0 Å². The predicted octanol–water partition coefficient (Wildman–Crippen LogP) is 4.89. The number of hydrogen-bond donors (Lipinski definition) is 1. The molecule has 0 aliphatic rings. The van der Waals surface area contributed by atoms with E-state index in [1.165, 1.54) is 11.8 Å². The summed E-state index contributed by atoms with van der Waals surface area (Å²) in [5, 5.41) is 8.24. The number of nitrogens with one attached hydrogen (secondary N) is 1. The van der Waals surface area contributed by atoms with Gasteiger partial charge in [0.25, 0.3) is 0 Å². The lowest BCUT2D eigenvalue weighted by molar-refractivity contribution is 0.102. The Hall–Kier alpha value is -2.31. The Morgan fingerprint density at radius 2 is 1.96 bits per heavy atom. The van der Waals surface area contributed by atoms with Gasteiger partial charge in [-0.25, -0.2) is 4.98 Å². The van der Waals surface area contributed by atoms with Gasteiger partial charge in [0.05, 0.1) is 17.9 Å². The van der Waals surface area contributed by atoms with Crippen molar-refractivity contribution in [1.29, 1.82) is 0 Å². The maximum Gasteiger partial charge on any atom is 0.209 e. The molecule has 3 aromatic rings. The maximum atomic E-state index is 12.2. The SMILES string of the molecule is CCCOc1ccccc1-c1nc(SCC(=O)c2ccc(Cl)cc2)n[nH]1. The van der Waals surface area contributed by atoms with E-state index < -0.39 is 0 Å². The average Bonchev–Trinajstić information content (AvgIpc) is 3.14.